The van der Waals surface area contributed by atoms with Crippen molar-refractivity contribution in [3.05, 3.63) is 23.8 Å². The number of methoxy groups -OCH3 is 2. The number of hydrogen-bond acceptors (Lipinski definition) is 5. The van der Waals surface area contributed by atoms with Crippen LogP contribution in [0.15, 0.2) is 18.2 Å². The molecule has 1 N–H and O–H groups in total. The van der Waals surface area contributed by atoms with E-state index in [2.05, 4.69) is 9.47 Å². The number of aliphatic hydroxyl groups is 1. The van der Waals surface area contributed by atoms with Gasteiger partial charge >= 0.3 is 12.6 Å². The molecule has 1 rings (SSSR count). The van der Waals surface area contributed by atoms with Gasteiger partial charge in [0.1, 0.15) is 0 Å². The highest BCUT2D eigenvalue weighted by molar-refractivity contribution is 5.76. The lowest BCUT2D eigenvalue weighted by Crippen LogP contribution is -2.14. The summed E-state index contributed by atoms with van der Waals surface area (Å²) in [6, 6.07) is 3.74. The van der Waals surface area contributed by atoms with Crippen molar-refractivity contribution in [3.63, 3.8) is 0 Å². The summed E-state index contributed by atoms with van der Waals surface area (Å²) in [6.45, 7) is -3.04. The molecule has 0 heterocycles. The van der Waals surface area contributed by atoms with E-state index in [1.165, 1.54) is 19.2 Å². The predicted molar refractivity (Wildman–Crippen MR) is 56.6 cm³/mol. The normalized spacial score (nSPS) is 12.1. The van der Waals surface area contributed by atoms with Crippen molar-refractivity contribution in [2.75, 3.05) is 14.2 Å². The largest absolute Gasteiger partial charge is 0.493 e. The molecule has 0 saturated carbocycles. The molecule has 0 aliphatic heterocycles. The van der Waals surface area contributed by atoms with Crippen LogP contribution in [-0.2, 0) is 9.53 Å². The Labute approximate surface area is 102 Å². The fourth-order valence-electron chi connectivity index (χ4n) is 1.30. The molecule has 7 heteroatoms. The second-order valence-electron chi connectivity index (χ2n) is 3.21. The van der Waals surface area contributed by atoms with Gasteiger partial charge in [-0.1, -0.05) is 6.07 Å². The van der Waals surface area contributed by atoms with Crippen molar-refractivity contribution in [2.24, 2.45) is 0 Å². The van der Waals surface area contributed by atoms with Gasteiger partial charge in [0.15, 0.2) is 17.6 Å². The molecule has 0 radical (unpaired) electrons. The molecule has 18 heavy (non-hydrogen) atoms. The van der Waals surface area contributed by atoms with Crippen molar-refractivity contribution in [3.8, 4) is 11.5 Å². The molecule has 0 fully saturated rings. The number of aliphatic hydroxyl groups excluding tert-OH is 1. The number of carbonyl (C=O) groups excluding carboxylic acids is 1. The summed E-state index contributed by atoms with van der Waals surface area (Å²) in [6.07, 6.45) is -1.57. The lowest BCUT2D eigenvalue weighted by molar-refractivity contribution is -0.150. The fraction of sp³-hybridized carbons (Fsp3) is 0.364. The van der Waals surface area contributed by atoms with Gasteiger partial charge in [0, 0.05) is 0 Å². The van der Waals surface area contributed by atoms with Crippen LogP contribution >= 0.6 is 0 Å². The minimum absolute atomic E-state index is 0.0658. The van der Waals surface area contributed by atoms with Crippen LogP contribution < -0.4 is 9.47 Å². The van der Waals surface area contributed by atoms with E-state index in [4.69, 9.17) is 4.74 Å². The third-order valence-corrected chi connectivity index (χ3v) is 2.14. The van der Waals surface area contributed by atoms with Gasteiger partial charge in [-0.05, 0) is 17.7 Å². The van der Waals surface area contributed by atoms with E-state index in [0.717, 1.165) is 13.2 Å². The fourth-order valence-corrected chi connectivity index (χ4v) is 1.30. The molecule has 1 unspecified atom stereocenters. The monoisotopic (exact) mass is 262 g/mol. The molecule has 1 atom stereocenters. The minimum atomic E-state index is -3.04. The van der Waals surface area contributed by atoms with Gasteiger partial charge in [-0.3, -0.25) is 0 Å². The van der Waals surface area contributed by atoms with E-state index in [1.54, 1.807) is 0 Å². The first-order chi connectivity index (χ1) is 8.49. The highest BCUT2D eigenvalue weighted by atomic mass is 19.3. The zero-order valence-corrected chi connectivity index (χ0v) is 9.72. The molecule has 0 aromatic heterocycles. The second-order valence-corrected chi connectivity index (χ2v) is 3.21. The average Bonchev–Trinajstić information content (AvgIpc) is 2.36. The van der Waals surface area contributed by atoms with Crippen LogP contribution in [0.25, 0.3) is 0 Å². The number of rotatable bonds is 5. The van der Waals surface area contributed by atoms with Crippen LogP contribution in [0, 0.1) is 0 Å². The van der Waals surface area contributed by atoms with Crippen LogP contribution in [0.5, 0.6) is 11.5 Å². The molecule has 1 aromatic rings. The molecule has 0 aliphatic carbocycles. The van der Waals surface area contributed by atoms with E-state index in [-0.39, 0.29) is 17.1 Å². The van der Waals surface area contributed by atoms with E-state index in [0.29, 0.717) is 0 Å². The maximum Gasteiger partial charge on any atom is 0.387 e. The molecule has 5 nitrogen and oxygen atoms in total. The second kappa shape index (κ2) is 6.15. The van der Waals surface area contributed by atoms with E-state index in [1.807, 2.05) is 0 Å². The van der Waals surface area contributed by atoms with E-state index >= 15 is 0 Å². The Morgan fingerprint density at radius 1 is 1.28 bits per heavy atom. The third kappa shape index (κ3) is 3.30. The summed E-state index contributed by atoms with van der Waals surface area (Å²) in [7, 11) is 2.38. The summed E-state index contributed by atoms with van der Waals surface area (Å²) >= 11 is 0. The summed E-state index contributed by atoms with van der Waals surface area (Å²) < 4.78 is 37.7. The number of halogens is 2. The molecular formula is C11H12F2O5. The molecule has 0 aliphatic rings. The van der Waals surface area contributed by atoms with E-state index < -0.39 is 18.7 Å². The van der Waals surface area contributed by atoms with Gasteiger partial charge < -0.3 is 19.3 Å². The molecule has 0 saturated heterocycles. The topological polar surface area (TPSA) is 65.0 Å². The summed E-state index contributed by atoms with van der Waals surface area (Å²) in [4.78, 5) is 11.1. The van der Waals surface area contributed by atoms with Gasteiger partial charge in [0.25, 0.3) is 0 Å². The average molecular weight is 262 g/mol. The maximum atomic E-state index is 12.2. The quantitative estimate of drug-likeness (QED) is 0.815. The van der Waals surface area contributed by atoms with Crippen molar-refractivity contribution in [1.29, 1.82) is 0 Å². The summed E-state index contributed by atoms with van der Waals surface area (Å²) in [5.41, 5.74) is 0.0679. The van der Waals surface area contributed by atoms with Crippen molar-refractivity contribution < 1.29 is 32.9 Å². The third-order valence-electron chi connectivity index (χ3n) is 2.14. The highest BCUT2D eigenvalue weighted by Crippen LogP contribution is 2.31. The lowest BCUT2D eigenvalue weighted by Gasteiger charge is -2.13. The van der Waals surface area contributed by atoms with Gasteiger partial charge in [0.2, 0.25) is 0 Å². The first-order valence-corrected chi connectivity index (χ1v) is 4.88. The molecule has 0 spiro atoms. The first kappa shape index (κ1) is 14.2. The molecule has 0 bridgehead atoms. The van der Waals surface area contributed by atoms with Crippen molar-refractivity contribution >= 4 is 5.97 Å². The summed E-state index contributed by atoms with van der Waals surface area (Å²) in [5, 5.41) is 9.55. The Bertz CT molecular complexity index is 422. The Morgan fingerprint density at radius 3 is 2.44 bits per heavy atom. The van der Waals surface area contributed by atoms with Crippen molar-refractivity contribution in [1.82, 2.24) is 0 Å². The van der Waals surface area contributed by atoms with Gasteiger partial charge in [-0.15, -0.1) is 0 Å². The maximum absolute atomic E-state index is 12.2. The van der Waals surface area contributed by atoms with Crippen molar-refractivity contribution in [2.45, 2.75) is 12.7 Å². The first-order valence-electron chi connectivity index (χ1n) is 4.88. The van der Waals surface area contributed by atoms with Crippen LogP contribution in [0.1, 0.15) is 11.7 Å². The Kier molecular flexibility index (Phi) is 4.85. The SMILES string of the molecule is COC(=O)C(O)c1ccc(OC)c(OC(F)F)c1. The smallest absolute Gasteiger partial charge is 0.387 e. The Balaban J connectivity index is 3.05. The number of esters is 1. The predicted octanol–water partition coefficient (Wildman–Crippen LogP) is 1.50. The van der Waals surface area contributed by atoms with Crippen LogP contribution in [0.2, 0.25) is 0 Å². The minimum Gasteiger partial charge on any atom is -0.493 e. The standard InChI is InChI=1S/C11H12F2O5/c1-16-7-4-3-6(9(14)10(15)17-2)5-8(7)18-11(12)13/h3-5,9,11,14H,1-2H3. The molecular weight excluding hydrogens is 250 g/mol. The van der Waals surface area contributed by atoms with Gasteiger partial charge in [-0.25, -0.2) is 4.79 Å². The molecule has 100 valence electrons. The zero-order chi connectivity index (χ0) is 13.7. The zero-order valence-electron chi connectivity index (χ0n) is 9.72. The van der Waals surface area contributed by atoms with E-state index in [9.17, 15) is 18.7 Å². The number of alkyl halides is 2. The van der Waals surface area contributed by atoms with Crippen LogP contribution in [-0.4, -0.2) is 31.9 Å². The van der Waals surface area contributed by atoms with Gasteiger partial charge in [-0.2, -0.15) is 8.78 Å². The van der Waals surface area contributed by atoms with Gasteiger partial charge in [0.05, 0.1) is 14.2 Å². The number of benzene rings is 1. The van der Waals surface area contributed by atoms with Crippen LogP contribution in [0.3, 0.4) is 0 Å². The number of carbonyl (C=O) groups is 1. The molecule has 0 amide bonds. The Morgan fingerprint density at radius 2 is 1.94 bits per heavy atom. The van der Waals surface area contributed by atoms with Crippen LogP contribution in [0.4, 0.5) is 8.78 Å². The Hall–Kier alpha value is -1.89. The number of ether oxygens (including phenoxy) is 3. The molecule has 1 aromatic carbocycles. The summed E-state index contributed by atoms with van der Waals surface area (Å²) in [5.74, 6) is -1.10. The number of hydrogen-bond donors (Lipinski definition) is 1. The lowest BCUT2D eigenvalue weighted by atomic mass is 10.1. The highest BCUT2D eigenvalue weighted by Gasteiger charge is 2.20.